The molecule has 0 bridgehead atoms. The van der Waals surface area contributed by atoms with Crippen molar-refractivity contribution in [1.82, 2.24) is 0 Å². The Balaban J connectivity index is 2.13. The molecule has 0 nitrogen and oxygen atoms in total. The Morgan fingerprint density at radius 2 is 1.70 bits per heavy atom. The van der Waals surface area contributed by atoms with Crippen LogP contribution in [0.4, 0.5) is 8.78 Å². The average molecular weight is 162 g/mol. The molecule has 0 unspecified atom stereocenters. The maximum atomic E-state index is 11.8. The summed E-state index contributed by atoms with van der Waals surface area (Å²) in [5, 5.41) is 0. The second kappa shape index (κ2) is 4.06. The van der Waals surface area contributed by atoms with Crippen molar-refractivity contribution in [3.8, 4) is 0 Å². The van der Waals surface area contributed by atoms with Gasteiger partial charge in [0.15, 0.2) is 0 Å². The van der Waals surface area contributed by atoms with E-state index >= 15 is 0 Å². The first-order valence-electron chi connectivity index (χ1n) is 3.83. The predicted molar refractivity (Wildman–Crippen MR) is 38.6 cm³/mol. The van der Waals surface area contributed by atoms with Gasteiger partial charge in [-0.1, -0.05) is 32.1 Å². The molecular weight excluding hydrogens is 150 g/mol. The molecule has 58 valence electrons. The highest BCUT2D eigenvalue weighted by atomic mass is 28.2. The van der Waals surface area contributed by atoms with E-state index in [0.29, 0.717) is 5.54 Å². The first kappa shape index (κ1) is 8.18. The second-order valence-corrected chi connectivity index (χ2v) is 4.39. The van der Waals surface area contributed by atoms with E-state index in [-0.39, 0.29) is 9.52 Å². The van der Waals surface area contributed by atoms with Crippen LogP contribution in [-0.4, -0.2) is 15.6 Å². The number of alkyl halides is 2. The zero-order valence-corrected chi connectivity index (χ0v) is 6.95. The third-order valence-corrected chi connectivity index (χ3v) is 3.27. The van der Waals surface area contributed by atoms with Gasteiger partial charge in [0.1, 0.15) is 9.52 Å². The van der Waals surface area contributed by atoms with Crippen LogP contribution in [0.3, 0.4) is 0 Å². The third kappa shape index (κ3) is 2.77. The molecule has 0 aromatic rings. The lowest BCUT2D eigenvalue weighted by Crippen LogP contribution is -2.15. The second-order valence-electron chi connectivity index (χ2n) is 2.80. The quantitative estimate of drug-likeness (QED) is 0.548. The summed E-state index contributed by atoms with van der Waals surface area (Å²) in [6.45, 7) is 0. The Morgan fingerprint density at radius 1 is 1.10 bits per heavy atom. The van der Waals surface area contributed by atoms with Gasteiger partial charge in [0.2, 0.25) is 6.05 Å². The van der Waals surface area contributed by atoms with Gasteiger partial charge >= 0.3 is 0 Å². The fourth-order valence-electron chi connectivity index (χ4n) is 1.45. The molecule has 0 saturated heterocycles. The Morgan fingerprint density at radius 3 is 2.20 bits per heavy atom. The van der Waals surface area contributed by atoms with Crippen molar-refractivity contribution in [2.75, 3.05) is 0 Å². The van der Waals surface area contributed by atoms with Crippen LogP contribution < -0.4 is 0 Å². The Hall–Kier alpha value is 0.0769. The van der Waals surface area contributed by atoms with Gasteiger partial charge in [0.05, 0.1) is 0 Å². The maximum absolute atomic E-state index is 11.8. The predicted octanol–water partition coefficient (Wildman–Crippen LogP) is 2.67. The van der Waals surface area contributed by atoms with Crippen LogP contribution >= 0.6 is 0 Å². The van der Waals surface area contributed by atoms with E-state index in [1.54, 1.807) is 0 Å². The zero-order valence-electron chi connectivity index (χ0n) is 5.95. The van der Waals surface area contributed by atoms with E-state index in [1.165, 1.54) is 19.3 Å². The fraction of sp³-hybridized carbons (Fsp3) is 1.00. The number of halogens is 2. The molecule has 1 saturated carbocycles. The molecule has 1 aliphatic rings. The summed E-state index contributed by atoms with van der Waals surface area (Å²) in [7, 11) is -0.0955. The summed E-state index contributed by atoms with van der Waals surface area (Å²) in [6.07, 6.45) is 5.69. The fourth-order valence-corrected chi connectivity index (χ4v) is 2.55. The van der Waals surface area contributed by atoms with Crippen LogP contribution in [0.5, 0.6) is 0 Å². The zero-order chi connectivity index (χ0) is 7.40. The summed E-state index contributed by atoms with van der Waals surface area (Å²) in [5.41, 5.74) is 0.355. The van der Waals surface area contributed by atoms with Crippen LogP contribution in [0.25, 0.3) is 0 Å². The van der Waals surface area contributed by atoms with Crippen molar-refractivity contribution in [3.05, 3.63) is 0 Å². The van der Waals surface area contributed by atoms with Crippen molar-refractivity contribution in [3.63, 3.8) is 0 Å². The first-order chi connectivity index (χ1) is 4.79. The van der Waals surface area contributed by atoms with Crippen LogP contribution in [0.1, 0.15) is 32.1 Å². The minimum Gasteiger partial charge on any atom is -0.216 e. The summed E-state index contributed by atoms with van der Waals surface area (Å²) in [4.78, 5) is 0. The normalized spacial score (nSPS) is 21.9. The van der Waals surface area contributed by atoms with E-state index in [4.69, 9.17) is 0 Å². The lowest BCUT2D eigenvalue weighted by atomic mass is 10.0. The molecule has 1 fully saturated rings. The SMILES string of the molecule is FC(F)[Si]C1CCCCC1. The summed E-state index contributed by atoms with van der Waals surface area (Å²) < 4.78 is 23.7. The van der Waals surface area contributed by atoms with Crippen LogP contribution in [0, 0.1) is 0 Å². The Labute approximate surface area is 62.8 Å². The summed E-state index contributed by atoms with van der Waals surface area (Å²) in [5.74, 6) is 0. The van der Waals surface area contributed by atoms with Gasteiger partial charge in [0.25, 0.3) is 0 Å². The smallest absolute Gasteiger partial charge is 0.216 e. The van der Waals surface area contributed by atoms with Crippen molar-refractivity contribution < 1.29 is 8.78 Å². The molecule has 0 aromatic carbocycles. The molecule has 10 heavy (non-hydrogen) atoms. The standard InChI is InChI=1S/C7H12F2Si/c8-7(9)10-6-4-2-1-3-5-6/h6-7H,1-5H2. The molecule has 1 rings (SSSR count). The van der Waals surface area contributed by atoms with Crippen LogP contribution in [0.2, 0.25) is 5.54 Å². The van der Waals surface area contributed by atoms with Gasteiger partial charge in [-0.3, -0.25) is 0 Å². The van der Waals surface area contributed by atoms with Crippen molar-refractivity contribution >= 4 is 9.52 Å². The number of hydrogen-bond donors (Lipinski definition) is 0. The highest BCUT2D eigenvalue weighted by Crippen LogP contribution is 2.28. The van der Waals surface area contributed by atoms with E-state index in [9.17, 15) is 8.78 Å². The van der Waals surface area contributed by atoms with Crippen LogP contribution in [0.15, 0.2) is 0 Å². The van der Waals surface area contributed by atoms with Gasteiger partial charge in [-0.05, 0) is 5.54 Å². The minimum atomic E-state index is -2.05. The van der Waals surface area contributed by atoms with Crippen molar-refractivity contribution in [1.29, 1.82) is 0 Å². The third-order valence-electron chi connectivity index (χ3n) is 1.97. The molecule has 0 atom stereocenters. The highest BCUT2D eigenvalue weighted by molar-refractivity contribution is 6.38. The molecule has 2 radical (unpaired) electrons. The molecule has 3 heteroatoms. The summed E-state index contributed by atoms with van der Waals surface area (Å²) in [6, 6.07) is -2.05. The Kier molecular flexibility index (Phi) is 3.32. The van der Waals surface area contributed by atoms with Gasteiger partial charge in [-0.25, -0.2) is 8.78 Å². The monoisotopic (exact) mass is 162 g/mol. The number of hydrogen-bond acceptors (Lipinski definition) is 0. The van der Waals surface area contributed by atoms with E-state index in [0.717, 1.165) is 12.8 Å². The first-order valence-corrected chi connectivity index (χ1v) is 4.98. The van der Waals surface area contributed by atoms with Gasteiger partial charge in [-0.2, -0.15) is 0 Å². The number of rotatable bonds is 2. The molecule has 0 heterocycles. The Bertz CT molecular complexity index is 89.6. The minimum absolute atomic E-state index is 0.0955. The molecule has 1 aliphatic carbocycles. The molecule has 0 aromatic heterocycles. The molecule has 0 amide bonds. The molecule has 0 spiro atoms. The molecule has 0 N–H and O–H groups in total. The van der Waals surface area contributed by atoms with E-state index in [2.05, 4.69) is 0 Å². The maximum Gasteiger partial charge on any atom is 0.216 e. The van der Waals surface area contributed by atoms with Gasteiger partial charge < -0.3 is 0 Å². The van der Waals surface area contributed by atoms with Gasteiger partial charge in [-0.15, -0.1) is 0 Å². The lowest BCUT2D eigenvalue weighted by Gasteiger charge is -2.19. The lowest BCUT2D eigenvalue weighted by molar-refractivity contribution is 0.233. The van der Waals surface area contributed by atoms with Crippen LogP contribution in [-0.2, 0) is 0 Å². The largest absolute Gasteiger partial charge is 0.216 e. The van der Waals surface area contributed by atoms with Crippen molar-refractivity contribution in [2.45, 2.75) is 43.7 Å². The summed E-state index contributed by atoms with van der Waals surface area (Å²) >= 11 is 0. The average Bonchev–Trinajstić information content (AvgIpc) is 1.88. The topological polar surface area (TPSA) is 0 Å². The molecule has 0 aliphatic heterocycles. The van der Waals surface area contributed by atoms with Gasteiger partial charge in [0, 0.05) is 0 Å². The molecular formula is C7H12F2Si. The highest BCUT2D eigenvalue weighted by Gasteiger charge is 2.18. The van der Waals surface area contributed by atoms with E-state index < -0.39 is 6.05 Å². The van der Waals surface area contributed by atoms with Crippen molar-refractivity contribution in [2.24, 2.45) is 0 Å². The van der Waals surface area contributed by atoms with E-state index in [1.807, 2.05) is 0 Å².